The van der Waals surface area contributed by atoms with Gasteiger partial charge in [-0.2, -0.15) is 0 Å². The molecule has 0 aliphatic heterocycles. The van der Waals surface area contributed by atoms with E-state index in [1.807, 2.05) is 29.6 Å². The highest BCUT2D eigenvalue weighted by Crippen LogP contribution is 2.43. The van der Waals surface area contributed by atoms with Crippen molar-refractivity contribution >= 4 is 39.5 Å². The van der Waals surface area contributed by atoms with Crippen molar-refractivity contribution in [3.05, 3.63) is 29.3 Å². The Morgan fingerprint density at radius 3 is 2.65 bits per heavy atom. The third kappa shape index (κ3) is 3.85. The number of hydrogen-bond donors (Lipinski definition) is 2. The number of nitrogens with two attached hydrogens (primary N) is 1. The van der Waals surface area contributed by atoms with E-state index in [0.717, 1.165) is 28.1 Å². The van der Waals surface area contributed by atoms with Gasteiger partial charge in [-0.05, 0) is 31.9 Å². The average Bonchev–Trinajstić information content (AvgIpc) is 3.21. The molecular weight excluding hydrogens is 354 g/mol. The van der Waals surface area contributed by atoms with Crippen LogP contribution in [0.25, 0.3) is 10.2 Å². The molecule has 1 fully saturated rings. The van der Waals surface area contributed by atoms with E-state index >= 15 is 0 Å². The Labute approximate surface area is 154 Å². The molecule has 1 heterocycles. The van der Waals surface area contributed by atoms with E-state index in [9.17, 15) is 14.4 Å². The van der Waals surface area contributed by atoms with Crippen molar-refractivity contribution in [1.29, 1.82) is 0 Å². The van der Waals surface area contributed by atoms with E-state index in [2.05, 4.69) is 4.98 Å². The average molecular weight is 375 g/mol. The van der Waals surface area contributed by atoms with Crippen LogP contribution in [0.4, 0.5) is 4.79 Å². The second kappa shape index (κ2) is 7.41. The van der Waals surface area contributed by atoms with Crippen molar-refractivity contribution < 1.29 is 19.1 Å². The van der Waals surface area contributed by atoms with Crippen LogP contribution in [0.1, 0.15) is 37.6 Å². The minimum absolute atomic E-state index is 0.415. The van der Waals surface area contributed by atoms with E-state index in [0.29, 0.717) is 19.3 Å². The first-order valence-corrected chi connectivity index (χ1v) is 9.37. The molecule has 1 saturated carbocycles. The van der Waals surface area contributed by atoms with Gasteiger partial charge in [-0.15, -0.1) is 11.3 Å². The third-order valence-electron chi connectivity index (χ3n) is 4.72. The van der Waals surface area contributed by atoms with Crippen LogP contribution in [0.2, 0.25) is 0 Å². The summed E-state index contributed by atoms with van der Waals surface area (Å²) in [5.74, 6) is -1.14. The predicted octanol–water partition coefficient (Wildman–Crippen LogP) is 2.53. The minimum atomic E-state index is -1.08. The van der Waals surface area contributed by atoms with Gasteiger partial charge < -0.3 is 10.5 Å². The lowest BCUT2D eigenvalue weighted by Crippen LogP contribution is -2.44. The minimum Gasteiger partial charge on any atom is -0.452 e. The van der Waals surface area contributed by atoms with Crippen molar-refractivity contribution in [2.24, 2.45) is 11.1 Å². The van der Waals surface area contributed by atoms with Gasteiger partial charge in [0.25, 0.3) is 5.91 Å². The van der Waals surface area contributed by atoms with Crippen molar-refractivity contribution in [1.82, 2.24) is 10.3 Å². The highest BCUT2D eigenvalue weighted by atomic mass is 32.1. The highest BCUT2D eigenvalue weighted by molar-refractivity contribution is 7.18. The molecule has 0 radical (unpaired) electrons. The normalized spacial score (nSPS) is 17.0. The zero-order valence-electron chi connectivity index (χ0n) is 14.5. The summed E-state index contributed by atoms with van der Waals surface area (Å²) >= 11 is 1.57. The number of carbonyl (C=O) groups excluding carboxylic acids is 3. The standard InChI is InChI=1S/C18H21N3O4S/c1-11(15(22)21-17(19)24)25-16(23)18(8-4-5-9-18)10-14-20-12-6-2-3-7-13(12)26-14/h2-3,6-7,11H,4-5,8-10H2,1H3,(H3,19,21,22,24)/t11-/m1/s1. The summed E-state index contributed by atoms with van der Waals surface area (Å²) in [6, 6.07) is 6.88. The maximum absolute atomic E-state index is 12.8. The largest absolute Gasteiger partial charge is 0.452 e. The monoisotopic (exact) mass is 375 g/mol. The first-order valence-electron chi connectivity index (χ1n) is 8.55. The van der Waals surface area contributed by atoms with Gasteiger partial charge in [-0.1, -0.05) is 25.0 Å². The zero-order valence-corrected chi connectivity index (χ0v) is 15.3. The molecule has 1 aliphatic carbocycles. The summed E-state index contributed by atoms with van der Waals surface area (Å²) in [5.41, 5.74) is 5.18. The number of primary amides is 1. The van der Waals surface area contributed by atoms with E-state index in [1.165, 1.54) is 6.92 Å². The number of ether oxygens (including phenoxy) is 1. The molecular formula is C18H21N3O4S. The Kier molecular flexibility index (Phi) is 5.22. The summed E-state index contributed by atoms with van der Waals surface area (Å²) in [5, 5.41) is 2.82. The van der Waals surface area contributed by atoms with Crippen LogP contribution >= 0.6 is 11.3 Å². The van der Waals surface area contributed by atoms with E-state index in [1.54, 1.807) is 11.3 Å². The van der Waals surface area contributed by atoms with Crippen LogP contribution in [0.3, 0.4) is 0 Å². The van der Waals surface area contributed by atoms with Gasteiger partial charge in [0.15, 0.2) is 6.10 Å². The van der Waals surface area contributed by atoms with Crippen LogP contribution in [0, 0.1) is 5.41 Å². The quantitative estimate of drug-likeness (QED) is 0.780. The summed E-state index contributed by atoms with van der Waals surface area (Å²) in [4.78, 5) is 40.0. The fourth-order valence-electron chi connectivity index (χ4n) is 3.35. The number of imide groups is 1. The number of amides is 3. The Morgan fingerprint density at radius 2 is 2.00 bits per heavy atom. The summed E-state index contributed by atoms with van der Waals surface area (Å²) in [7, 11) is 0. The molecule has 1 aromatic carbocycles. The highest BCUT2D eigenvalue weighted by Gasteiger charge is 2.44. The summed E-state index contributed by atoms with van der Waals surface area (Å²) in [6.07, 6.45) is 2.68. The van der Waals surface area contributed by atoms with Gasteiger partial charge >= 0.3 is 12.0 Å². The maximum Gasteiger partial charge on any atom is 0.318 e. The Morgan fingerprint density at radius 1 is 1.31 bits per heavy atom. The van der Waals surface area contributed by atoms with Crippen molar-refractivity contribution in [3.8, 4) is 0 Å². The smallest absolute Gasteiger partial charge is 0.318 e. The fourth-order valence-corrected chi connectivity index (χ4v) is 4.46. The lowest BCUT2D eigenvalue weighted by molar-refractivity contribution is -0.164. The second-order valence-electron chi connectivity index (χ2n) is 6.64. The molecule has 7 nitrogen and oxygen atoms in total. The number of carbonyl (C=O) groups is 3. The lowest BCUT2D eigenvalue weighted by Gasteiger charge is -2.27. The Bertz CT molecular complexity index is 809. The molecule has 0 saturated heterocycles. The molecule has 3 rings (SSSR count). The number of nitrogens with zero attached hydrogens (tertiary/aromatic N) is 1. The Hall–Kier alpha value is -2.48. The van der Waals surface area contributed by atoms with E-state index in [-0.39, 0.29) is 0 Å². The van der Waals surface area contributed by atoms with Crippen LogP contribution < -0.4 is 11.1 Å². The molecule has 26 heavy (non-hydrogen) atoms. The number of hydrogen-bond acceptors (Lipinski definition) is 6. The topological polar surface area (TPSA) is 111 Å². The molecule has 1 atom stereocenters. The van der Waals surface area contributed by atoms with E-state index in [4.69, 9.17) is 10.5 Å². The van der Waals surface area contributed by atoms with Gasteiger partial charge in [0.2, 0.25) is 0 Å². The molecule has 138 valence electrons. The van der Waals surface area contributed by atoms with Gasteiger partial charge in [0, 0.05) is 6.42 Å². The molecule has 2 aromatic rings. The van der Waals surface area contributed by atoms with Gasteiger partial charge in [0.05, 0.1) is 20.6 Å². The van der Waals surface area contributed by atoms with Gasteiger partial charge in [-0.25, -0.2) is 9.78 Å². The van der Waals surface area contributed by atoms with Crippen LogP contribution in [-0.2, 0) is 20.7 Å². The molecule has 1 aromatic heterocycles. The number of fused-ring (bicyclic) bond motifs is 1. The van der Waals surface area contributed by atoms with Gasteiger partial charge in [0.1, 0.15) is 0 Å². The number of para-hydroxylation sites is 1. The lowest BCUT2D eigenvalue weighted by atomic mass is 9.83. The Balaban J connectivity index is 1.75. The summed E-state index contributed by atoms with van der Waals surface area (Å²) in [6.45, 7) is 1.43. The molecule has 3 amide bonds. The van der Waals surface area contributed by atoms with Crippen LogP contribution in [0.5, 0.6) is 0 Å². The molecule has 0 spiro atoms. The molecule has 0 unspecified atom stereocenters. The summed E-state index contributed by atoms with van der Waals surface area (Å²) < 4.78 is 6.45. The molecule has 8 heteroatoms. The first kappa shape index (κ1) is 18.3. The zero-order chi connectivity index (χ0) is 18.7. The predicted molar refractivity (Wildman–Crippen MR) is 97.5 cm³/mol. The van der Waals surface area contributed by atoms with Crippen LogP contribution in [0.15, 0.2) is 24.3 Å². The van der Waals surface area contributed by atoms with Crippen LogP contribution in [-0.4, -0.2) is 29.0 Å². The molecule has 3 N–H and O–H groups in total. The first-order chi connectivity index (χ1) is 12.4. The number of nitrogens with one attached hydrogen (secondary N) is 1. The number of urea groups is 1. The third-order valence-corrected chi connectivity index (χ3v) is 5.76. The van der Waals surface area contributed by atoms with Crippen molar-refractivity contribution in [2.75, 3.05) is 0 Å². The van der Waals surface area contributed by atoms with Crippen molar-refractivity contribution in [3.63, 3.8) is 0 Å². The fraction of sp³-hybridized carbons (Fsp3) is 0.444. The number of esters is 1. The number of rotatable bonds is 5. The second-order valence-corrected chi connectivity index (χ2v) is 7.76. The molecule has 1 aliphatic rings. The SMILES string of the molecule is C[C@@H](OC(=O)C1(Cc2nc3ccccc3s2)CCCC1)C(=O)NC(N)=O. The van der Waals surface area contributed by atoms with Gasteiger partial charge in [-0.3, -0.25) is 14.9 Å². The van der Waals surface area contributed by atoms with Crippen molar-refractivity contribution in [2.45, 2.75) is 45.1 Å². The number of thiazole rings is 1. The maximum atomic E-state index is 12.8. The number of aromatic nitrogens is 1. The number of benzene rings is 1. The van der Waals surface area contributed by atoms with E-state index < -0.39 is 29.4 Å². The molecule has 0 bridgehead atoms.